The van der Waals surface area contributed by atoms with Crippen LogP contribution in [0.1, 0.15) is 0 Å². The summed E-state index contributed by atoms with van der Waals surface area (Å²) in [6.45, 7) is 0. The molecule has 0 saturated carbocycles. The van der Waals surface area contributed by atoms with Crippen LogP contribution < -0.4 is 22.3 Å². The third-order valence-electron chi connectivity index (χ3n) is 2.26. The SMILES string of the molecule is Nc1cc(N)nc(Sc2ccc(S(N)(=O)=O)cc2N)n1. The number of rotatable bonds is 3. The molecule has 0 aliphatic rings. The Kier molecular flexibility index (Phi) is 3.70. The van der Waals surface area contributed by atoms with Crippen LogP contribution in [0.2, 0.25) is 0 Å². The fourth-order valence-corrected chi connectivity index (χ4v) is 2.76. The molecule has 0 fully saturated rings. The van der Waals surface area contributed by atoms with Crippen molar-refractivity contribution in [3.63, 3.8) is 0 Å². The van der Waals surface area contributed by atoms with Crippen molar-refractivity contribution < 1.29 is 8.42 Å². The van der Waals surface area contributed by atoms with Crippen molar-refractivity contribution in [3.05, 3.63) is 24.3 Å². The van der Waals surface area contributed by atoms with E-state index in [2.05, 4.69) is 9.97 Å². The molecule has 0 aliphatic carbocycles. The van der Waals surface area contributed by atoms with E-state index in [4.69, 9.17) is 22.3 Å². The molecule has 0 bridgehead atoms. The highest BCUT2D eigenvalue weighted by atomic mass is 32.2. The average molecular weight is 312 g/mol. The van der Waals surface area contributed by atoms with Gasteiger partial charge < -0.3 is 17.2 Å². The Labute approximate surface area is 119 Å². The molecule has 106 valence electrons. The van der Waals surface area contributed by atoms with Gasteiger partial charge in [-0.25, -0.2) is 23.5 Å². The second kappa shape index (κ2) is 5.15. The van der Waals surface area contributed by atoms with Crippen molar-refractivity contribution in [3.8, 4) is 0 Å². The molecule has 0 spiro atoms. The number of sulfonamides is 1. The van der Waals surface area contributed by atoms with Gasteiger partial charge in [0.15, 0.2) is 5.16 Å². The predicted molar refractivity (Wildman–Crippen MR) is 77.2 cm³/mol. The Balaban J connectivity index is 2.35. The number of nitrogens with two attached hydrogens (primary N) is 4. The Morgan fingerprint density at radius 2 is 1.60 bits per heavy atom. The number of aromatic nitrogens is 2. The summed E-state index contributed by atoms with van der Waals surface area (Å²) in [5.74, 6) is 0.472. The highest BCUT2D eigenvalue weighted by Gasteiger charge is 2.12. The second-order valence-electron chi connectivity index (χ2n) is 3.85. The highest BCUT2D eigenvalue weighted by Crippen LogP contribution is 2.31. The number of benzene rings is 1. The van der Waals surface area contributed by atoms with Crippen LogP contribution in [0.3, 0.4) is 0 Å². The molecule has 0 aliphatic heterocycles. The van der Waals surface area contributed by atoms with Gasteiger partial charge in [0.25, 0.3) is 0 Å². The summed E-state index contributed by atoms with van der Waals surface area (Å²) < 4.78 is 22.4. The Hall–Kier alpha value is -2.04. The fourth-order valence-electron chi connectivity index (χ4n) is 1.40. The summed E-state index contributed by atoms with van der Waals surface area (Å²) in [4.78, 5) is 8.49. The summed E-state index contributed by atoms with van der Waals surface area (Å²) in [6, 6.07) is 5.57. The van der Waals surface area contributed by atoms with E-state index in [0.29, 0.717) is 10.1 Å². The summed E-state index contributed by atoms with van der Waals surface area (Å²) in [6.07, 6.45) is 0. The molecule has 20 heavy (non-hydrogen) atoms. The molecule has 1 aromatic carbocycles. The van der Waals surface area contributed by atoms with Crippen molar-refractivity contribution in [2.75, 3.05) is 17.2 Å². The van der Waals surface area contributed by atoms with Gasteiger partial charge in [-0.05, 0) is 30.0 Å². The summed E-state index contributed by atoms with van der Waals surface area (Å²) in [7, 11) is -3.79. The first-order valence-electron chi connectivity index (χ1n) is 5.26. The van der Waals surface area contributed by atoms with Crippen LogP contribution in [0, 0.1) is 0 Å². The molecule has 0 unspecified atom stereocenters. The van der Waals surface area contributed by atoms with E-state index in [1.165, 1.54) is 24.3 Å². The lowest BCUT2D eigenvalue weighted by Gasteiger charge is -2.07. The number of nitrogens with zero attached hydrogens (tertiary/aromatic N) is 2. The van der Waals surface area contributed by atoms with E-state index in [1.54, 1.807) is 0 Å². The molecular formula is C10H12N6O2S2. The van der Waals surface area contributed by atoms with Gasteiger partial charge in [-0.3, -0.25) is 0 Å². The Bertz CT molecular complexity index is 742. The lowest BCUT2D eigenvalue weighted by atomic mass is 10.3. The monoisotopic (exact) mass is 312 g/mol. The maximum atomic E-state index is 11.2. The Morgan fingerprint density at radius 1 is 1.00 bits per heavy atom. The number of nitrogen functional groups attached to an aromatic ring is 3. The zero-order chi connectivity index (χ0) is 14.9. The zero-order valence-electron chi connectivity index (χ0n) is 10.1. The number of anilines is 3. The van der Waals surface area contributed by atoms with Crippen LogP contribution >= 0.6 is 11.8 Å². The van der Waals surface area contributed by atoms with Crippen LogP contribution in [-0.4, -0.2) is 18.4 Å². The Morgan fingerprint density at radius 3 is 2.10 bits per heavy atom. The molecular weight excluding hydrogens is 300 g/mol. The average Bonchev–Trinajstić information content (AvgIpc) is 2.29. The van der Waals surface area contributed by atoms with Gasteiger partial charge in [0.2, 0.25) is 10.0 Å². The minimum atomic E-state index is -3.79. The predicted octanol–water partition coefficient (Wildman–Crippen LogP) is 0.0218. The minimum Gasteiger partial charge on any atom is -0.398 e. The van der Waals surface area contributed by atoms with Crippen LogP contribution in [0.15, 0.2) is 39.2 Å². The maximum Gasteiger partial charge on any atom is 0.238 e. The summed E-state index contributed by atoms with van der Waals surface area (Å²) >= 11 is 1.12. The van der Waals surface area contributed by atoms with E-state index in [9.17, 15) is 8.42 Å². The standard InChI is InChI=1S/C10H12N6O2S2/c11-6-3-5(20(14,17)18)1-2-7(6)19-10-15-8(12)4-9(13)16-10/h1-4H,11H2,(H2,14,17,18)(H4,12,13,15,16). The quantitative estimate of drug-likeness (QED) is 0.455. The normalized spacial score (nSPS) is 11.4. The van der Waals surface area contributed by atoms with Crippen molar-refractivity contribution in [2.24, 2.45) is 5.14 Å². The van der Waals surface area contributed by atoms with Gasteiger partial charge >= 0.3 is 0 Å². The minimum absolute atomic E-state index is 0.0626. The first kappa shape index (κ1) is 14.4. The van der Waals surface area contributed by atoms with Crippen molar-refractivity contribution in [2.45, 2.75) is 14.9 Å². The number of hydrogen-bond donors (Lipinski definition) is 4. The third kappa shape index (κ3) is 3.29. The molecule has 0 radical (unpaired) electrons. The molecule has 0 amide bonds. The molecule has 0 atom stereocenters. The highest BCUT2D eigenvalue weighted by molar-refractivity contribution is 7.99. The molecule has 1 heterocycles. The van der Waals surface area contributed by atoms with E-state index < -0.39 is 10.0 Å². The van der Waals surface area contributed by atoms with Crippen LogP contribution in [0.4, 0.5) is 17.3 Å². The largest absolute Gasteiger partial charge is 0.398 e. The van der Waals surface area contributed by atoms with Crippen molar-refractivity contribution >= 4 is 39.1 Å². The molecule has 2 rings (SSSR count). The number of hydrogen-bond acceptors (Lipinski definition) is 8. The fraction of sp³-hybridized carbons (Fsp3) is 0. The van der Waals surface area contributed by atoms with Gasteiger partial charge in [0.1, 0.15) is 11.6 Å². The molecule has 10 heteroatoms. The van der Waals surface area contributed by atoms with Gasteiger partial charge in [0, 0.05) is 16.6 Å². The van der Waals surface area contributed by atoms with Gasteiger partial charge in [-0.15, -0.1) is 0 Å². The lowest BCUT2D eigenvalue weighted by molar-refractivity contribution is 0.598. The van der Waals surface area contributed by atoms with Crippen molar-refractivity contribution in [1.29, 1.82) is 0 Å². The zero-order valence-corrected chi connectivity index (χ0v) is 11.8. The first-order valence-corrected chi connectivity index (χ1v) is 7.62. The van der Waals surface area contributed by atoms with E-state index >= 15 is 0 Å². The van der Waals surface area contributed by atoms with Crippen LogP contribution in [-0.2, 0) is 10.0 Å². The number of primary sulfonamides is 1. The second-order valence-corrected chi connectivity index (χ2v) is 6.42. The first-order chi connectivity index (χ1) is 9.25. The van der Waals surface area contributed by atoms with E-state index in [0.717, 1.165) is 11.8 Å². The topological polar surface area (TPSA) is 164 Å². The van der Waals surface area contributed by atoms with E-state index in [1.807, 2.05) is 0 Å². The summed E-state index contributed by atoms with van der Waals surface area (Å²) in [5, 5.41) is 5.34. The molecule has 1 aromatic heterocycles. The van der Waals surface area contributed by atoms with E-state index in [-0.39, 0.29) is 22.2 Å². The maximum absolute atomic E-state index is 11.2. The van der Waals surface area contributed by atoms with Crippen molar-refractivity contribution in [1.82, 2.24) is 9.97 Å². The summed E-state index contributed by atoms with van der Waals surface area (Å²) in [5.41, 5.74) is 17.1. The van der Waals surface area contributed by atoms with Gasteiger partial charge in [-0.2, -0.15) is 0 Å². The smallest absolute Gasteiger partial charge is 0.238 e. The van der Waals surface area contributed by atoms with Crippen LogP contribution in [0.5, 0.6) is 0 Å². The molecule has 2 aromatic rings. The van der Waals surface area contributed by atoms with Crippen LogP contribution in [0.25, 0.3) is 0 Å². The lowest BCUT2D eigenvalue weighted by Crippen LogP contribution is -2.12. The molecule has 8 N–H and O–H groups in total. The molecule has 0 saturated heterocycles. The van der Waals surface area contributed by atoms with Gasteiger partial charge in [0.05, 0.1) is 4.90 Å². The van der Waals surface area contributed by atoms with Gasteiger partial charge in [-0.1, -0.05) is 0 Å². The molecule has 8 nitrogen and oxygen atoms in total. The third-order valence-corrected chi connectivity index (χ3v) is 4.12.